The second-order valence-corrected chi connectivity index (χ2v) is 7.58. The van der Waals surface area contributed by atoms with E-state index in [9.17, 15) is 19.7 Å². The Morgan fingerprint density at radius 2 is 1.66 bits per heavy atom. The zero-order chi connectivity index (χ0) is 23.3. The Bertz CT molecular complexity index is 1220. The Morgan fingerprint density at radius 1 is 0.969 bits per heavy atom. The SMILES string of the molecule is Cc1cc(C)cc(NC(=O)C(=Cc2cccc([N+](=O)[O-])c2)NC(=O)c2ccccc2Cl)c1. The molecule has 0 spiro atoms. The second-order valence-electron chi connectivity index (χ2n) is 7.17. The summed E-state index contributed by atoms with van der Waals surface area (Å²) in [6.45, 7) is 3.81. The molecule has 0 bridgehead atoms. The summed E-state index contributed by atoms with van der Waals surface area (Å²) in [6.07, 6.45) is 1.37. The van der Waals surface area contributed by atoms with Crippen molar-refractivity contribution < 1.29 is 14.5 Å². The fourth-order valence-electron chi connectivity index (χ4n) is 3.13. The summed E-state index contributed by atoms with van der Waals surface area (Å²) in [4.78, 5) is 36.4. The van der Waals surface area contributed by atoms with Crippen LogP contribution < -0.4 is 10.6 Å². The van der Waals surface area contributed by atoms with Gasteiger partial charge in [0, 0.05) is 17.8 Å². The maximum absolute atomic E-state index is 13.0. The molecule has 32 heavy (non-hydrogen) atoms. The van der Waals surface area contributed by atoms with Gasteiger partial charge in [0.05, 0.1) is 15.5 Å². The molecule has 0 aliphatic rings. The molecule has 0 aliphatic heterocycles. The quantitative estimate of drug-likeness (QED) is 0.304. The fourth-order valence-corrected chi connectivity index (χ4v) is 3.36. The number of carbonyl (C=O) groups is 2. The van der Waals surface area contributed by atoms with Crippen LogP contribution in [0.2, 0.25) is 5.02 Å². The average Bonchev–Trinajstić information content (AvgIpc) is 2.73. The van der Waals surface area contributed by atoms with Gasteiger partial charge in [-0.2, -0.15) is 0 Å². The van der Waals surface area contributed by atoms with E-state index in [0.717, 1.165) is 11.1 Å². The Morgan fingerprint density at radius 3 is 2.31 bits per heavy atom. The van der Waals surface area contributed by atoms with E-state index in [1.807, 2.05) is 19.9 Å². The third-order valence-electron chi connectivity index (χ3n) is 4.48. The van der Waals surface area contributed by atoms with Crippen LogP contribution in [0.25, 0.3) is 6.08 Å². The lowest BCUT2D eigenvalue weighted by Crippen LogP contribution is -2.31. The van der Waals surface area contributed by atoms with Crippen LogP contribution in [0, 0.1) is 24.0 Å². The minimum absolute atomic E-state index is 0.0884. The van der Waals surface area contributed by atoms with Gasteiger partial charge < -0.3 is 10.6 Å². The van der Waals surface area contributed by atoms with Gasteiger partial charge in [-0.05, 0) is 60.9 Å². The molecule has 7 nitrogen and oxygen atoms in total. The molecular formula is C24H20ClN3O4. The molecule has 3 aromatic rings. The van der Waals surface area contributed by atoms with Gasteiger partial charge >= 0.3 is 0 Å². The van der Waals surface area contributed by atoms with E-state index in [0.29, 0.717) is 11.3 Å². The first-order valence-corrected chi connectivity index (χ1v) is 10.0. The monoisotopic (exact) mass is 449 g/mol. The number of nitro groups is 1. The molecule has 8 heteroatoms. The number of amides is 2. The topological polar surface area (TPSA) is 101 Å². The van der Waals surface area contributed by atoms with Gasteiger partial charge in [0.2, 0.25) is 0 Å². The predicted octanol–water partition coefficient (Wildman–Crippen LogP) is 5.27. The molecule has 0 unspecified atom stereocenters. The Hall–Kier alpha value is -3.97. The van der Waals surface area contributed by atoms with Crippen LogP contribution in [0.15, 0.2) is 72.4 Å². The van der Waals surface area contributed by atoms with Crippen LogP contribution in [0.4, 0.5) is 11.4 Å². The molecule has 162 valence electrons. The van der Waals surface area contributed by atoms with Crippen LogP contribution in [0.3, 0.4) is 0 Å². The van der Waals surface area contributed by atoms with Crippen molar-refractivity contribution in [3.05, 3.63) is 110 Å². The molecule has 0 fully saturated rings. The van der Waals surface area contributed by atoms with E-state index in [4.69, 9.17) is 11.6 Å². The van der Waals surface area contributed by atoms with E-state index in [-0.39, 0.29) is 22.0 Å². The molecule has 2 amide bonds. The van der Waals surface area contributed by atoms with E-state index < -0.39 is 16.7 Å². The van der Waals surface area contributed by atoms with Gasteiger partial charge in [0.25, 0.3) is 17.5 Å². The molecule has 3 rings (SSSR count). The number of nitro benzene ring substituents is 1. The van der Waals surface area contributed by atoms with Crippen molar-refractivity contribution in [2.24, 2.45) is 0 Å². The highest BCUT2D eigenvalue weighted by molar-refractivity contribution is 6.34. The summed E-state index contributed by atoms with van der Waals surface area (Å²) in [5.74, 6) is -1.16. The van der Waals surface area contributed by atoms with E-state index >= 15 is 0 Å². The lowest BCUT2D eigenvalue weighted by molar-refractivity contribution is -0.384. The Labute approximate surface area is 189 Å². The first-order valence-electron chi connectivity index (χ1n) is 9.64. The maximum Gasteiger partial charge on any atom is 0.272 e. The van der Waals surface area contributed by atoms with E-state index in [1.54, 1.807) is 36.4 Å². The highest BCUT2D eigenvalue weighted by atomic mass is 35.5. The minimum Gasteiger partial charge on any atom is -0.321 e. The predicted molar refractivity (Wildman–Crippen MR) is 125 cm³/mol. The molecule has 0 aromatic heterocycles. The van der Waals surface area contributed by atoms with Crippen molar-refractivity contribution in [2.45, 2.75) is 13.8 Å². The number of nitrogens with one attached hydrogen (secondary N) is 2. The second kappa shape index (κ2) is 9.89. The van der Waals surface area contributed by atoms with Crippen molar-refractivity contribution in [3.8, 4) is 0 Å². The van der Waals surface area contributed by atoms with Gasteiger partial charge in [0.15, 0.2) is 0 Å². The summed E-state index contributed by atoms with van der Waals surface area (Å²) in [5.41, 5.74) is 2.83. The average molecular weight is 450 g/mol. The first-order chi connectivity index (χ1) is 15.2. The number of benzene rings is 3. The van der Waals surface area contributed by atoms with Crippen molar-refractivity contribution in [2.75, 3.05) is 5.32 Å². The van der Waals surface area contributed by atoms with Crippen molar-refractivity contribution in [1.82, 2.24) is 5.32 Å². The summed E-state index contributed by atoms with van der Waals surface area (Å²) in [6, 6.07) is 17.7. The maximum atomic E-state index is 13.0. The normalized spacial score (nSPS) is 11.0. The highest BCUT2D eigenvalue weighted by Gasteiger charge is 2.17. The van der Waals surface area contributed by atoms with Crippen LogP contribution in [-0.4, -0.2) is 16.7 Å². The summed E-state index contributed by atoms with van der Waals surface area (Å²) in [5, 5.41) is 16.7. The number of hydrogen-bond acceptors (Lipinski definition) is 4. The number of anilines is 1. The zero-order valence-corrected chi connectivity index (χ0v) is 18.1. The van der Waals surface area contributed by atoms with Gasteiger partial charge in [-0.3, -0.25) is 19.7 Å². The number of aryl methyl sites for hydroxylation is 2. The van der Waals surface area contributed by atoms with Gasteiger partial charge in [-0.15, -0.1) is 0 Å². The molecule has 0 saturated carbocycles. The highest BCUT2D eigenvalue weighted by Crippen LogP contribution is 2.19. The van der Waals surface area contributed by atoms with Crippen molar-refractivity contribution >= 4 is 40.9 Å². The standard InChI is InChI=1S/C24H20ClN3O4/c1-15-10-16(2)12-18(11-15)26-24(30)22(14-17-6-5-7-19(13-17)28(31)32)27-23(29)20-8-3-4-9-21(20)25/h3-14H,1-2H3,(H,26,30)(H,27,29). The molecule has 0 atom stereocenters. The summed E-state index contributed by atoms with van der Waals surface area (Å²) in [7, 11) is 0. The third-order valence-corrected chi connectivity index (χ3v) is 4.81. The number of rotatable bonds is 6. The lowest BCUT2D eigenvalue weighted by atomic mass is 10.1. The molecule has 0 radical (unpaired) electrons. The van der Waals surface area contributed by atoms with Crippen LogP contribution in [0.1, 0.15) is 27.0 Å². The number of nitrogens with zero attached hydrogens (tertiary/aromatic N) is 1. The van der Waals surface area contributed by atoms with Gasteiger partial charge in [-0.1, -0.05) is 41.9 Å². The molecule has 0 saturated heterocycles. The molecule has 0 aliphatic carbocycles. The lowest BCUT2D eigenvalue weighted by Gasteiger charge is -2.13. The summed E-state index contributed by atoms with van der Waals surface area (Å²) >= 11 is 6.11. The van der Waals surface area contributed by atoms with Crippen molar-refractivity contribution in [1.29, 1.82) is 0 Å². The number of hydrogen-bond donors (Lipinski definition) is 2. The largest absolute Gasteiger partial charge is 0.321 e. The van der Waals surface area contributed by atoms with Gasteiger partial charge in [-0.25, -0.2) is 0 Å². The molecule has 3 aromatic carbocycles. The number of halogens is 1. The Kier molecular flexibility index (Phi) is 7.02. The first kappa shape index (κ1) is 22.7. The molecule has 2 N–H and O–H groups in total. The molecular weight excluding hydrogens is 430 g/mol. The number of carbonyl (C=O) groups excluding carboxylic acids is 2. The molecule has 0 heterocycles. The third kappa shape index (κ3) is 5.80. The number of non-ortho nitro benzene ring substituents is 1. The Balaban J connectivity index is 1.97. The van der Waals surface area contributed by atoms with E-state index in [2.05, 4.69) is 10.6 Å². The zero-order valence-electron chi connectivity index (χ0n) is 17.4. The van der Waals surface area contributed by atoms with Crippen LogP contribution >= 0.6 is 11.6 Å². The van der Waals surface area contributed by atoms with E-state index in [1.165, 1.54) is 30.3 Å². The van der Waals surface area contributed by atoms with Crippen molar-refractivity contribution in [3.63, 3.8) is 0 Å². The fraction of sp³-hybridized carbons (Fsp3) is 0.0833. The van der Waals surface area contributed by atoms with Crippen LogP contribution in [0.5, 0.6) is 0 Å². The van der Waals surface area contributed by atoms with Gasteiger partial charge in [0.1, 0.15) is 5.70 Å². The van der Waals surface area contributed by atoms with Crippen LogP contribution in [-0.2, 0) is 4.79 Å². The summed E-state index contributed by atoms with van der Waals surface area (Å²) < 4.78 is 0. The minimum atomic E-state index is -0.582. The smallest absolute Gasteiger partial charge is 0.272 e.